The summed E-state index contributed by atoms with van der Waals surface area (Å²) in [6, 6.07) is 108. The summed E-state index contributed by atoms with van der Waals surface area (Å²) in [5.74, 6) is 0. The molecule has 0 fully saturated rings. The Kier molecular flexibility index (Phi) is 10.8. The highest BCUT2D eigenvalue weighted by molar-refractivity contribution is 6.09. The Balaban J connectivity index is 0.950. The molecule has 1 heterocycles. The van der Waals surface area contributed by atoms with Crippen LogP contribution in [0.3, 0.4) is 0 Å². The number of rotatable bonds is 10. The third-order valence-corrected chi connectivity index (χ3v) is 15.4. The Morgan fingerprint density at radius 3 is 1.35 bits per heavy atom. The number of nitrogens with zero attached hydrogens (tertiary/aromatic N) is 1. The van der Waals surface area contributed by atoms with E-state index in [0.29, 0.717) is 0 Å². The molecule has 0 N–H and O–H groups in total. The van der Waals surface area contributed by atoms with Gasteiger partial charge in [0.1, 0.15) is 11.2 Å². The van der Waals surface area contributed by atoms with E-state index in [1.165, 1.54) is 61.2 Å². The highest BCUT2D eigenvalue weighted by Gasteiger charge is 2.47. The number of hydrogen-bond acceptors (Lipinski definition) is 2. The van der Waals surface area contributed by atoms with Crippen LogP contribution < -0.4 is 4.90 Å². The molecule has 2 heteroatoms. The van der Waals surface area contributed by atoms with Crippen molar-refractivity contribution in [2.75, 3.05) is 4.90 Å². The second-order valence-corrected chi connectivity index (χ2v) is 19.5. The zero-order chi connectivity index (χ0) is 49.7. The molecule has 12 aromatic carbocycles. The van der Waals surface area contributed by atoms with E-state index in [9.17, 15) is 0 Å². The lowest BCUT2D eigenvalue weighted by Crippen LogP contribution is -2.28. The first-order chi connectivity index (χ1) is 37.2. The minimum absolute atomic E-state index is 0.522. The molecule has 0 saturated heterocycles. The fraction of sp³-hybridized carbons (Fsp3) is 0.0137. The number of para-hydroxylation sites is 3. The minimum atomic E-state index is -0.522. The first-order valence-corrected chi connectivity index (χ1v) is 25.8. The van der Waals surface area contributed by atoms with Crippen molar-refractivity contribution in [3.05, 3.63) is 320 Å². The Morgan fingerprint density at radius 1 is 0.280 bits per heavy atom. The van der Waals surface area contributed by atoms with Gasteiger partial charge >= 0.3 is 0 Å². The van der Waals surface area contributed by atoms with E-state index in [4.69, 9.17) is 4.42 Å². The van der Waals surface area contributed by atoms with Crippen molar-refractivity contribution in [2.45, 2.75) is 5.41 Å². The fourth-order valence-corrected chi connectivity index (χ4v) is 12.0. The smallest absolute Gasteiger partial charge is 0.143 e. The van der Waals surface area contributed by atoms with Gasteiger partial charge in [0.15, 0.2) is 0 Å². The SMILES string of the molecule is c1ccc(-c2cc(-c3ccccc3)cc(-c3ccc(N(c4ccc(-c5cccc6c5oc5ccccc56)cc4)c4ccccc4-c4cccc5c4-c4ccccc4C5(c4ccccc4)c4ccccc4)cc3)c2)cc1. The summed E-state index contributed by atoms with van der Waals surface area (Å²) in [6.07, 6.45) is 0. The lowest BCUT2D eigenvalue weighted by atomic mass is 9.67. The number of furan rings is 1. The molecule has 2 nitrogen and oxygen atoms in total. The normalized spacial score (nSPS) is 12.4. The van der Waals surface area contributed by atoms with E-state index >= 15 is 0 Å². The fourth-order valence-electron chi connectivity index (χ4n) is 12.0. The maximum atomic E-state index is 6.55. The van der Waals surface area contributed by atoms with Gasteiger partial charge in [0.25, 0.3) is 0 Å². The van der Waals surface area contributed by atoms with Gasteiger partial charge in [-0.1, -0.05) is 243 Å². The molecule has 0 atom stereocenters. The van der Waals surface area contributed by atoms with E-state index in [0.717, 1.165) is 66.8 Å². The van der Waals surface area contributed by atoms with Gasteiger partial charge < -0.3 is 9.32 Å². The first-order valence-electron chi connectivity index (χ1n) is 25.8. The van der Waals surface area contributed by atoms with E-state index in [-0.39, 0.29) is 0 Å². The van der Waals surface area contributed by atoms with E-state index in [1.807, 2.05) is 6.07 Å². The van der Waals surface area contributed by atoms with Crippen molar-refractivity contribution < 1.29 is 4.42 Å². The number of fused-ring (bicyclic) bond motifs is 6. The molecule has 13 aromatic rings. The maximum absolute atomic E-state index is 6.55. The molecule has 0 unspecified atom stereocenters. The van der Waals surface area contributed by atoms with Gasteiger partial charge in [-0.3, -0.25) is 0 Å². The standard InChI is InChI=1S/C73H49NO/c1-5-21-50(22-6-1)54-47-55(51-23-7-2-8-24-51)49-56(48-54)52-39-43-59(44-40-52)74(60-45-41-53(42-46-60)61-32-19-34-65-63-30-15-18-38-70(63)75-72(61)65)69-37-17-14-29-62(69)64-33-20-36-68-71(64)66-31-13-16-35-67(66)73(68,57-25-9-3-10-26-57)58-27-11-4-12-28-58/h1-49H. The van der Waals surface area contributed by atoms with Gasteiger partial charge in [0, 0.05) is 33.3 Å². The summed E-state index contributed by atoms with van der Waals surface area (Å²) < 4.78 is 6.55. The van der Waals surface area contributed by atoms with Crippen molar-refractivity contribution in [1.82, 2.24) is 0 Å². The lowest BCUT2D eigenvalue weighted by molar-refractivity contribution is 0.670. The number of benzene rings is 12. The largest absolute Gasteiger partial charge is 0.455 e. The molecular weight excluding hydrogens is 907 g/mol. The van der Waals surface area contributed by atoms with Gasteiger partial charge in [-0.15, -0.1) is 0 Å². The van der Waals surface area contributed by atoms with Gasteiger partial charge in [-0.2, -0.15) is 0 Å². The molecule has 1 aliphatic rings. The van der Waals surface area contributed by atoms with Crippen molar-refractivity contribution in [1.29, 1.82) is 0 Å². The molecule has 0 spiro atoms. The van der Waals surface area contributed by atoms with E-state index in [1.54, 1.807) is 0 Å². The monoisotopic (exact) mass is 955 g/mol. The van der Waals surface area contributed by atoms with Crippen molar-refractivity contribution >= 4 is 39.0 Å². The predicted octanol–water partition coefficient (Wildman–Crippen LogP) is 19.8. The average Bonchev–Trinajstić information content (AvgIpc) is 4.05. The Bertz CT molecular complexity index is 4100. The van der Waals surface area contributed by atoms with E-state index in [2.05, 4.69) is 296 Å². The highest BCUT2D eigenvalue weighted by Crippen LogP contribution is 2.59. The van der Waals surface area contributed by atoms with Gasteiger partial charge in [0.2, 0.25) is 0 Å². The molecule has 75 heavy (non-hydrogen) atoms. The molecule has 14 rings (SSSR count). The first kappa shape index (κ1) is 44.0. The number of anilines is 3. The van der Waals surface area contributed by atoms with Crippen LogP contribution in [0, 0.1) is 0 Å². The Hall–Kier alpha value is -9.76. The van der Waals surface area contributed by atoms with Crippen LogP contribution in [-0.2, 0) is 5.41 Å². The molecule has 0 saturated carbocycles. The summed E-state index contributed by atoms with van der Waals surface area (Å²) >= 11 is 0. The number of hydrogen-bond donors (Lipinski definition) is 0. The summed E-state index contributed by atoms with van der Waals surface area (Å²) in [6.45, 7) is 0. The van der Waals surface area contributed by atoms with Crippen molar-refractivity contribution in [2.24, 2.45) is 0 Å². The Labute approximate surface area is 437 Å². The van der Waals surface area contributed by atoms with Crippen molar-refractivity contribution in [3.8, 4) is 66.8 Å². The molecule has 0 amide bonds. The van der Waals surface area contributed by atoms with Crippen LogP contribution in [0.25, 0.3) is 88.7 Å². The third kappa shape index (κ3) is 7.41. The van der Waals surface area contributed by atoms with Gasteiger partial charge in [0.05, 0.1) is 11.1 Å². The van der Waals surface area contributed by atoms with Gasteiger partial charge in [-0.25, -0.2) is 0 Å². The molecule has 352 valence electrons. The molecule has 1 aliphatic carbocycles. The van der Waals surface area contributed by atoms with Crippen LogP contribution in [0.2, 0.25) is 0 Å². The molecule has 1 aromatic heterocycles. The summed E-state index contributed by atoms with van der Waals surface area (Å²) in [7, 11) is 0. The average molecular weight is 956 g/mol. The van der Waals surface area contributed by atoms with Crippen molar-refractivity contribution in [3.63, 3.8) is 0 Å². The highest BCUT2D eigenvalue weighted by atomic mass is 16.3. The third-order valence-electron chi connectivity index (χ3n) is 15.4. The summed E-state index contributed by atoms with van der Waals surface area (Å²) in [4.78, 5) is 2.43. The van der Waals surface area contributed by atoms with Crippen LogP contribution in [0.1, 0.15) is 22.3 Å². The lowest BCUT2D eigenvalue weighted by Gasteiger charge is -2.34. The van der Waals surface area contributed by atoms with Gasteiger partial charge in [-0.05, 0) is 132 Å². The second-order valence-electron chi connectivity index (χ2n) is 19.5. The predicted molar refractivity (Wildman–Crippen MR) is 313 cm³/mol. The topological polar surface area (TPSA) is 16.4 Å². The maximum Gasteiger partial charge on any atom is 0.143 e. The molecular formula is C73H49NO. The summed E-state index contributed by atoms with van der Waals surface area (Å²) in [5, 5.41) is 2.24. The van der Waals surface area contributed by atoms with E-state index < -0.39 is 5.41 Å². The van der Waals surface area contributed by atoms with Crippen LogP contribution in [-0.4, -0.2) is 0 Å². The quantitative estimate of drug-likeness (QED) is 0.136. The van der Waals surface area contributed by atoms with Crippen LogP contribution in [0.5, 0.6) is 0 Å². The second kappa shape index (κ2) is 18.4. The Morgan fingerprint density at radius 2 is 0.720 bits per heavy atom. The molecule has 0 aliphatic heterocycles. The van der Waals surface area contributed by atoms with Crippen LogP contribution in [0.15, 0.2) is 302 Å². The summed E-state index contributed by atoms with van der Waals surface area (Å²) in [5.41, 5.74) is 23.6. The molecule has 0 bridgehead atoms. The minimum Gasteiger partial charge on any atom is -0.455 e. The van der Waals surface area contributed by atoms with Crippen LogP contribution >= 0.6 is 0 Å². The van der Waals surface area contributed by atoms with Crippen LogP contribution in [0.4, 0.5) is 17.1 Å². The zero-order valence-electron chi connectivity index (χ0n) is 41.1. The molecule has 0 radical (unpaired) electrons. The zero-order valence-corrected chi connectivity index (χ0v) is 41.1.